The number of rotatable bonds is 4. The van der Waals surface area contributed by atoms with Gasteiger partial charge in [0.25, 0.3) is 5.91 Å². The number of carbonyl (C=O) groups is 1. The Morgan fingerprint density at radius 1 is 1.35 bits per heavy atom. The van der Waals surface area contributed by atoms with Crippen LogP contribution in [0.1, 0.15) is 29.0 Å². The lowest BCUT2D eigenvalue weighted by molar-refractivity contribution is 0.0363. The molecule has 4 heterocycles. The zero-order chi connectivity index (χ0) is 18.1. The standard InChI is InChI=1S/C17H15N7O2/c1-17(9-18)10-23(11-17)16(25)14-8-26-15(22-14)6-12-2-3-13(7-19-12)24-20-4-5-21-24/h2-5,7-8H,6,10-11H2,1H3. The molecule has 0 radical (unpaired) electrons. The number of nitrogens with zero attached hydrogens (tertiary/aromatic N) is 7. The van der Waals surface area contributed by atoms with Crippen LogP contribution in [0.3, 0.4) is 0 Å². The van der Waals surface area contributed by atoms with E-state index in [4.69, 9.17) is 9.68 Å². The molecule has 4 rings (SSSR count). The number of oxazole rings is 1. The fraction of sp³-hybridized carbons (Fsp3) is 0.294. The van der Waals surface area contributed by atoms with Crippen LogP contribution >= 0.6 is 0 Å². The minimum Gasteiger partial charge on any atom is -0.448 e. The van der Waals surface area contributed by atoms with E-state index in [1.807, 2.05) is 19.1 Å². The number of hydrogen-bond acceptors (Lipinski definition) is 7. The van der Waals surface area contributed by atoms with Gasteiger partial charge < -0.3 is 9.32 Å². The molecule has 130 valence electrons. The van der Waals surface area contributed by atoms with E-state index in [0.717, 1.165) is 11.4 Å². The predicted molar refractivity (Wildman–Crippen MR) is 88.1 cm³/mol. The molecular weight excluding hydrogens is 334 g/mol. The van der Waals surface area contributed by atoms with Crippen molar-refractivity contribution < 1.29 is 9.21 Å². The van der Waals surface area contributed by atoms with Gasteiger partial charge in [0, 0.05) is 18.8 Å². The maximum Gasteiger partial charge on any atom is 0.275 e. The highest BCUT2D eigenvalue weighted by Crippen LogP contribution is 2.29. The third kappa shape index (κ3) is 2.93. The quantitative estimate of drug-likeness (QED) is 0.696. The summed E-state index contributed by atoms with van der Waals surface area (Å²) >= 11 is 0. The summed E-state index contributed by atoms with van der Waals surface area (Å²) in [5, 5.41) is 17.1. The minimum atomic E-state index is -0.461. The van der Waals surface area contributed by atoms with Crippen LogP contribution < -0.4 is 0 Å². The number of carbonyl (C=O) groups excluding carboxylic acids is 1. The molecule has 0 atom stereocenters. The fourth-order valence-electron chi connectivity index (χ4n) is 2.81. The van der Waals surface area contributed by atoms with Gasteiger partial charge in [-0.15, -0.1) is 0 Å². The topological polar surface area (TPSA) is 114 Å². The minimum absolute atomic E-state index is 0.221. The Bertz CT molecular complexity index is 963. The monoisotopic (exact) mass is 349 g/mol. The second kappa shape index (κ2) is 6.07. The van der Waals surface area contributed by atoms with Crippen LogP contribution in [0.5, 0.6) is 0 Å². The molecule has 0 spiro atoms. The molecule has 9 nitrogen and oxygen atoms in total. The van der Waals surface area contributed by atoms with Crippen LogP contribution in [0.25, 0.3) is 5.69 Å². The fourth-order valence-corrected chi connectivity index (χ4v) is 2.81. The lowest BCUT2D eigenvalue weighted by Gasteiger charge is -2.42. The van der Waals surface area contributed by atoms with Crippen molar-refractivity contribution in [1.82, 2.24) is 29.9 Å². The zero-order valence-electron chi connectivity index (χ0n) is 14.0. The van der Waals surface area contributed by atoms with Gasteiger partial charge in [-0.3, -0.25) is 9.78 Å². The molecule has 1 aliphatic heterocycles. The Labute approximate surface area is 148 Å². The van der Waals surface area contributed by atoms with Crippen molar-refractivity contribution in [2.75, 3.05) is 13.1 Å². The normalized spacial score (nSPS) is 15.3. The molecule has 1 amide bonds. The highest BCUT2D eigenvalue weighted by molar-refractivity contribution is 5.92. The molecule has 9 heteroatoms. The molecule has 3 aromatic heterocycles. The van der Waals surface area contributed by atoms with Crippen molar-refractivity contribution in [2.24, 2.45) is 5.41 Å². The van der Waals surface area contributed by atoms with Gasteiger partial charge in [0.15, 0.2) is 5.69 Å². The van der Waals surface area contributed by atoms with Gasteiger partial charge in [0.1, 0.15) is 12.0 Å². The van der Waals surface area contributed by atoms with Gasteiger partial charge in [-0.05, 0) is 19.1 Å². The zero-order valence-corrected chi connectivity index (χ0v) is 14.0. The van der Waals surface area contributed by atoms with Crippen LogP contribution in [0, 0.1) is 16.7 Å². The summed E-state index contributed by atoms with van der Waals surface area (Å²) in [7, 11) is 0. The van der Waals surface area contributed by atoms with E-state index in [-0.39, 0.29) is 11.6 Å². The van der Waals surface area contributed by atoms with E-state index in [0.29, 0.717) is 25.4 Å². The molecule has 1 saturated heterocycles. The molecule has 1 fully saturated rings. The number of likely N-dealkylation sites (tertiary alicyclic amines) is 1. The van der Waals surface area contributed by atoms with Crippen molar-refractivity contribution in [3.05, 3.63) is 54.3 Å². The van der Waals surface area contributed by atoms with E-state index < -0.39 is 5.41 Å². The summed E-state index contributed by atoms with van der Waals surface area (Å²) < 4.78 is 5.40. The van der Waals surface area contributed by atoms with Crippen molar-refractivity contribution in [3.63, 3.8) is 0 Å². The number of amides is 1. The Hall–Kier alpha value is -3.54. The van der Waals surface area contributed by atoms with Gasteiger partial charge in [0.2, 0.25) is 5.89 Å². The molecular formula is C17H15N7O2. The summed E-state index contributed by atoms with van der Waals surface area (Å²) in [5.41, 5.74) is 1.29. The summed E-state index contributed by atoms with van der Waals surface area (Å²) in [4.78, 5) is 24.0. The second-order valence-corrected chi connectivity index (χ2v) is 6.46. The average molecular weight is 349 g/mol. The average Bonchev–Trinajstić information content (AvgIpc) is 3.31. The lowest BCUT2D eigenvalue weighted by Crippen LogP contribution is -2.56. The predicted octanol–water partition coefficient (Wildman–Crippen LogP) is 1.23. The molecule has 0 unspecified atom stereocenters. The highest BCUT2D eigenvalue weighted by atomic mass is 16.3. The molecule has 0 N–H and O–H groups in total. The molecule has 3 aromatic rings. The maximum atomic E-state index is 12.3. The van der Waals surface area contributed by atoms with Gasteiger partial charge in [-0.2, -0.15) is 20.3 Å². The van der Waals surface area contributed by atoms with E-state index in [9.17, 15) is 4.79 Å². The number of aromatic nitrogens is 5. The van der Waals surface area contributed by atoms with Crippen molar-refractivity contribution in [3.8, 4) is 11.8 Å². The molecule has 0 saturated carbocycles. The Morgan fingerprint density at radius 3 is 2.77 bits per heavy atom. The van der Waals surface area contributed by atoms with E-state index in [2.05, 4.69) is 26.2 Å². The molecule has 26 heavy (non-hydrogen) atoms. The first-order chi connectivity index (χ1) is 12.6. The smallest absolute Gasteiger partial charge is 0.275 e. The molecule has 1 aliphatic rings. The second-order valence-electron chi connectivity index (χ2n) is 6.46. The van der Waals surface area contributed by atoms with Crippen molar-refractivity contribution in [2.45, 2.75) is 13.3 Å². The van der Waals surface area contributed by atoms with Gasteiger partial charge in [0.05, 0.1) is 36.5 Å². The Kier molecular flexibility index (Phi) is 3.73. The largest absolute Gasteiger partial charge is 0.448 e. The molecule has 0 aliphatic carbocycles. The van der Waals surface area contributed by atoms with Gasteiger partial charge in [-0.1, -0.05) is 0 Å². The van der Waals surface area contributed by atoms with Crippen molar-refractivity contribution >= 4 is 5.91 Å². The summed E-state index contributed by atoms with van der Waals surface area (Å²) in [5.74, 6) is 0.190. The molecule has 0 bridgehead atoms. The lowest BCUT2D eigenvalue weighted by atomic mass is 9.83. The van der Waals surface area contributed by atoms with Crippen LogP contribution in [0.4, 0.5) is 0 Å². The number of hydrogen-bond donors (Lipinski definition) is 0. The first kappa shape index (κ1) is 16.0. The van der Waals surface area contributed by atoms with Gasteiger partial charge in [-0.25, -0.2) is 4.98 Å². The van der Waals surface area contributed by atoms with E-state index >= 15 is 0 Å². The summed E-state index contributed by atoms with van der Waals surface area (Å²) in [6.07, 6.45) is 6.57. The first-order valence-corrected chi connectivity index (χ1v) is 8.03. The summed E-state index contributed by atoms with van der Waals surface area (Å²) in [6.45, 7) is 2.66. The summed E-state index contributed by atoms with van der Waals surface area (Å²) in [6, 6.07) is 5.89. The van der Waals surface area contributed by atoms with Crippen molar-refractivity contribution in [1.29, 1.82) is 5.26 Å². The highest BCUT2D eigenvalue weighted by Gasteiger charge is 2.42. The van der Waals surface area contributed by atoms with Crippen LogP contribution in [0.2, 0.25) is 0 Å². The number of pyridine rings is 1. The number of nitriles is 1. The third-order valence-corrected chi connectivity index (χ3v) is 4.20. The van der Waals surface area contributed by atoms with Crippen LogP contribution in [0.15, 0.2) is 41.4 Å². The first-order valence-electron chi connectivity index (χ1n) is 8.03. The third-order valence-electron chi connectivity index (χ3n) is 4.20. The van der Waals surface area contributed by atoms with E-state index in [1.54, 1.807) is 23.5 Å². The van der Waals surface area contributed by atoms with Gasteiger partial charge >= 0.3 is 0 Å². The van der Waals surface area contributed by atoms with Crippen LogP contribution in [-0.2, 0) is 6.42 Å². The maximum absolute atomic E-state index is 12.3. The van der Waals surface area contributed by atoms with E-state index in [1.165, 1.54) is 11.1 Å². The Balaban J connectivity index is 1.41. The molecule has 0 aromatic carbocycles. The Morgan fingerprint density at radius 2 is 2.12 bits per heavy atom. The SMILES string of the molecule is CC1(C#N)CN(C(=O)c2coc(Cc3ccc(-n4nccn4)cn3)n2)C1. The van der Waals surface area contributed by atoms with Crippen LogP contribution in [-0.4, -0.2) is 48.9 Å².